The number of hydrogen-bond donors (Lipinski definition) is 1. The fourth-order valence-corrected chi connectivity index (χ4v) is 4.40. The van der Waals surface area contributed by atoms with Crippen LogP contribution in [-0.2, 0) is 23.9 Å². The van der Waals surface area contributed by atoms with Gasteiger partial charge in [0, 0.05) is 5.92 Å². The van der Waals surface area contributed by atoms with Gasteiger partial charge in [-0.05, 0) is 24.6 Å². The molecule has 0 bridgehead atoms. The molecule has 0 saturated heterocycles. The summed E-state index contributed by atoms with van der Waals surface area (Å²) in [4.78, 5) is 36.6. The number of halogens is 2. The molecule has 160 valence electrons. The van der Waals surface area contributed by atoms with Crippen molar-refractivity contribution in [2.45, 2.75) is 12.8 Å². The zero-order valence-electron chi connectivity index (χ0n) is 16.3. The van der Waals surface area contributed by atoms with Gasteiger partial charge in [0.2, 0.25) is 5.91 Å². The Morgan fingerprint density at radius 3 is 2.37 bits per heavy atom. The normalized spacial score (nSPS) is 18.3. The standard InChI is InChI=1S/C19H18Cl2N2O6S/c1-4-29-16-11(20)5-9(6-12(16)21)14-10(7-22)18(30-8-13(24)27-2)23-17(25)15(14)19(26)28-3/h5-6,14-15H,4,8H2,1-3H3,(H,23,25)/t14-,15-/m1/s1. The van der Waals surface area contributed by atoms with E-state index >= 15 is 0 Å². The van der Waals surface area contributed by atoms with E-state index in [4.69, 9.17) is 32.7 Å². The molecule has 0 aromatic heterocycles. The van der Waals surface area contributed by atoms with Crippen LogP contribution in [0.5, 0.6) is 5.75 Å². The second kappa shape index (κ2) is 10.6. The zero-order chi connectivity index (χ0) is 22.4. The highest BCUT2D eigenvalue weighted by molar-refractivity contribution is 8.03. The first-order chi connectivity index (χ1) is 14.3. The van der Waals surface area contributed by atoms with E-state index in [1.165, 1.54) is 19.2 Å². The number of nitriles is 1. The number of rotatable bonds is 7. The summed E-state index contributed by atoms with van der Waals surface area (Å²) in [6, 6.07) is 4.99. The van der Waals surface area contributed by atoms with Gasteiger partial charge < -0.3 is 19.5 Å². The topological polar surface area (TPSA) is 115 Å². The van der Waals surface area contributed by atoms with E-state index in [0.717, 1.165) is 18.9 Å². The Labute approximate surface area is 187 Å². The molecule has 11 heteroatoms. The molecule has 1 aliphatic rings. The number of carbonyl (C=O) groups is 3. The van der Waals surface area contributed by atoms with E-state index in [-0.39, 0.29) is 32.1 Å². The van der Waals surface area contributed by atoms with Crippen LogP contribution in [0.4, 0.5) is 0 Å². The Bertz CT molecular complexity index is 920. The molecular weight excluding hydrogens is 455 g/mol. The minimum Gasteiger partial charge on any atom is -0.491 e. The van der Waals surface area contributed by atoms with Crippen molar-refractivity contribution < 1.29 is 28.6 Å². The fourth-order valence-electron chi connectivity index (χ4n) is 2.91. The number of esters is 2. The van der Waals surface area contributed by atoms with Crippen molar-refractivity contribution in [1.82, 2.24) is 5.32 Å². The molecule has 1 heterocycles. The van der Waals surface area contributed by atoms with Gasteiger partial charge in [-0.2, -0.15) is 5.26 Å². The summed E-state index contributed by atoms with van der Waals surface area (Å²) in [5, 5.41) is 12.8. The van der Waals surface area contributed by atoms with Crippen LogP contribution in [0.1, 0.15) is 18.4 Å². The van der Waals surface area contributed by atoms with Gasteiger partial charge in [0.15, 0.2) is 5.75 Å². The first kappa shape index (κ1) is 23.9. The van der Waals surface area contributed by atoms with Crippen LogP contribution in [0.2, 0.25) is 10.0 Å². The van der Waals surface area contributed by atoms with Gasteiger partial charge in [0.25, 0.3) is 0 Å². The SMILES string of the molecule is CCOc1c(Cl)cc([C@@H]2C(C#N)=C(SCC(=O)OC)NC(=O)[C@@H]2C(=O)OC)cc1Cl. The lowest BCUT2D eigenvalue weighted by Gasteiger charge is -2.31. The van der Waals surface area contributed by atoms with Crippen molar-refractivity contribution in [3.63, 3.8) is 0 Å². The number of methoxy groups -OCH3 is 2. The predicted molar refractivity (Wildman–Crippen MR) is 111 cm³/mol. The van der Waals surface area contributed by atoms with Gasteiger partial charge in [0.05, 0.1) is 53.3 Å². The number of nitrogens with zero attached hydrogens (tertiary/aromatic N) is 1. The summed E-state index contributed by atoms with van der Waals surface area (Å²) in [5.74, 6) is -4.32. The summed E-state index contributed by atoms with van der Waals surface area (Å²) < 4.78 is 14.8. The summed E-state index contributed by atoms with van der Waals surface area (Å²) in [6.45, 7) is 2.09. The Morgan fingerprint density at radius 1 is 1.23 bits per heavy atom. The van der Waals surface area contributed by atoms with E-state index in [1.807, 2.05) is 6.07 Å². The van der Waals surface area contributed by atoms with Crippen molar-refractivity contribution in [1.29, 1.82) is 5.26 Å². The third-order valence-corrected chi connectivity index (χ3v) is 5.77. The first-order valence-corrected chi connectivity index (χ1v) is 10.4. The lowest BCUT2D eigenvalue weighted by Crippen LogP contribution is -2.44. The molecule has 1 aromatic rings. The molecule has 2 atom stereocenters. The maximum absolute atomic E-state index is 12.7. The Kier molecular flexibility index (Phi) is 8.41. The number of ether oxygens (including phenoxy) is 3. The van der Waals surface area contributed by atoms with Crippen LogP contribution in [0, 0.1) is 17.2 Å². The minimum atomic E-state index is -1.35. The molecule has 0 unspecified atom stereocenters. The largest absolute Gasteiger partial charge is 0.491 e. The van der Waals surface area contributed by atoms with Gasteiger partial charge in [0.1, 0.15) is 5.92 Å². The average molecular weight is 473 g/mol. The number of hydrogen-bond acceptors (Lipinski definition) is 8. The van der Waals surface area contributed by atoms with Crippen LogP contribution in [-0.4, -0.2) is 44.4 Å². The quantitative estimate of drug-likeness (QED) is 0.475. The third-order valence-electron chi connectivity index (χ3n) is 4.21. The van der Waals surface area contributed by atoms with Gasteiger partial charge >= 0.3 is 11.9 Å². The van der Waals surface area contributed by atoms with Crippen LogP contribution < -0.4 is 10.1 Å². The number of amides is 1. The lowest BCUT2D eigenvalue weighted by molar-refractivity contribution is -0.150. The maximum Gasteiger partial charge on any atom is 0.319 e. The number of allylic oxidation sites excluding steroid dienone is 1. The van der Waals surface area contributed by atoms with Crippen LogP contribution in [0.15, 0.2) is 22.7 Å². The summed E-state index contributed by atoms with van der Waals surface area (Å²) in [7, 11) is 2.37. The molecular formula is C19H18Cl2N2O6S. The highest BCUT2D eigenvalue weighted by Gasteiger charge is 2.44. The van der Waals surface area contributed by atoms with Gasteiger partial charge in [-0.3, -0.25) is 14.4 Å². The van der Waals surface area contributed by atoms with Gasteiger partial charge in [-0.1, -0.05) is 35.0 Å². The number of benzene rings is 1. The molecule has 30 heavy (non-hydrogen) atoms. The van der Waals surface area contributed by atoms with Crippen molar-refractivity contribution in [2.75, 3.05) is 26.6 Å². The molecule has 8 nitrogen and oxygen atoms in total. The number of carbonyl (C=O) groups excluding carboxylic acids is 3. The Hall–Kier alpha value is -2.41. The highest BCUT2D eigenvalue weighted by Crippen LogP contribution is 2.44. The summed E-state index contributed by atoms with van der Waals surface area (Å²) in [6.07, 6.45) is 0. The van der Waals surface area contributed by atoms with Crippen LogP contribution >= 0.6 is 35.0 Å². The van der Waals surface area contributed by atoms with Crippen LogP contribution in [0.3, 0.4) is 0 Å². The van der Waals surface area contributed by atoms with E-state index in [2.05, 4.69) is 10.1 Å². The average Bonchev–Trinajstić information content (AvgIpc) is 2.73. The highest BCUT2D eigenvalue weighted by atomic mass is 35.5. The van der Waals surface area contributed by atoms with Crippen molar-refractivity contribution >= 4 is 52.8 Å². The van der Waals surface area contributed by atoms with Crippen molar-refractivity contribution in [3.8, 4) is 11.8 Å². The second-order valence-corrected chi connectivity index (χ2v) is 7.73. The molecule has 0 fully saturated rings. The smallest absolute Gasteiger partial charge is 0.319 e. The minimum absolute atomic E-state index is 0.0650. The van der Waals surface area contributed by atoms with Crippen molar-refractivity contribution in [3.05, 3.63) is 38.3 Å². The predicted octanol–water partition coefficient (Wildman–Crippen LogP) is 3.04. The van der Waals surface area contributed by atoms with E-state index in [0.29, 0.717) is 12.2 Å². The van der Waals surface area contributed by atoms with Crippen molar-refractivity contribution in [2.24, 2.45) is 5.92 Å². The monoisotopic (exact) mass is 472 g/mol. The molecule has 2 rings (SSSR count). The van der Waals surface area contributed by atoms with Gasteiger partial charge in [-0.15, -0.1) is 0 Å². The molecule has 0 saturated carbocycles. The van der Waals surface area contributed by atoms with Gasteiger partial charge in [-0.25, -0.2) is 0 Å². The van der Waals surface area contributed by atoms with E-state index < -0.39 is 29.7 Å². The van der Waals surface area contributed by atoms with E-state index in [9.17, 15) is 19.6 Å². The Morgan fingerprint density at radius 2 is 1.87 bits per heavy atom. The molecule has 1 aromatic carbocycles. The molecule has 1 N–H and O–H groups in total. The molecule has 1 amide bonds. The summed E-state index contributed by atoms with van der Waals surface area (Å²) in [5.41, 5.74) is 0.418. The van der Waals surface area contributed by atoms with E-state index in [1.54, 1.807) is 6.92 Å². The first-order valence-electron chi connectivity index (χ1n) is 8.63. The molecule has 0 aliphatic carbocycles. The Balaban J connectivity index is 2.64. The lowest BCUT2D eigenvalue weighted by atomic mass is 9.78. The molecule has 1 aliphatic heterocycles. The number of thioether (sulfide) groups is 1. The molecule has 0 radical (unpaired) electrons. The van der Waals surface area contributed by atoms with Crippen LogP contribution in [0.25, 0.3) is 0 Å². The zero-order valence-corrected chi connectivity index (χ0v) is 18.6. The fraction of sp³-hybridized carbons (Fsp3) is 0.368. The second-order valence-electron chi connectivity index (χ2n) is 5.93. The maximum atomic E-state index is 12.7. The summed E-state index contributed by atoms with van der Waals surface area (Å²) >= 11 is 13.5. The number of nitrogens with one attached hydrogen (secondary N) is 1. The third kappa shape index (κ3) is 5.01. The molecule has 0 spiro atoms.